The van der Waals surface area contributed by atoms with E-state index in [0.29, 0.717) is 6.54 Å². The number of nitrogens with two attached hydrogens (primary N) is 1. The molecule has 0 saturated carbocycles. The lowest BCUT2D eigenvalue weighted by Gasteiger charge is -2.21. The summed E-state index contributed by atoms with van der Waals surface area (Å²) in [6, 6.07) is -0.549. The number of rotatable bonds is 5. The highest BCUT2D eigenvalue weighted by Crippen LogP contribution is 1.97. The molecule has 0 fully saturated rings. The zero-order valence-electron chi connectivity index (χ0n) is 9.89. The van der Waals surface area contributed by atoms with Crippen LogP contribution in [0.1, 0.15) is 34.1 Å². The highest BCUT2D eigenvalue weighted by atomic mass is 16.2. The summed E-state index contributed by atoms with van der Waals surface area (Å²) in [5.41, 5.74) is 4.62. The van der Waals surface area contributed by atoms with Crippen molar-refractivity contribution in [3.63, 3.8) is 0 Å². The molecule has 0 bridgehead atoms. The number of amides is 2. The first-order valence-electron chi connectivity index (χ1n) is 5.16. The van der Waals surface area contributed by atoms with Crippen LogP contribution in [0.4, 0.5) is 0 Å². The summed E-state index contributed by atoms with van der Waals surface area (Å²) in [5.74, 6) is -0.518. The largest absolute Gasteiger partial charge is 0.354 e. The molecule has 1 unspecified atom stereocenters. The number of nitrogens with one attached hydrogen (secondary N) is 2. The zero-order chi connectivity index (χ0) is 12.1. The van der Waals surface area contributed by atoms with E-state index in [0.717, 1.165) is 6.42 Å². The van der Waals surface area contributed by atoms with Crippen LogP contribution in [0.3, 0.4) is 0 Å². The minimum Gasteiger partial charge on any atom is -0.354 e. The fourth-order valence-electron chi connectivity index (χ4n) is 0.849. The van der Waals surface area contributed by atoms with Gasteiger partial charge in [-0.1, -0.05) is 6.92 Å². The summed E-state index contributed by atoms with van der Waals surface area (Å²) in [6.45, 7) is 7.41. The summed E-state index contributed by atoms with van der Waals surface area (Å²) >= 11 is 0. The molecule has 5 nitrogen and oxygen atoms in total. The van der Waals surface area contributed by atoms with Crippen LogP contribution in [-0.2, 0) is 9.59 Å². The van der Waals surface area contributed by atoms with Gasteiger partial charge in [-0.25, -0.2) is 0 Å². The van der Waals surface area contributed by atoms with Gasteiger partial charge in [-0.2, -0.15) is 0 Å². The molecule has 0 aromatic carbocycles. The van der Waals surface area contributed by atoms with E-state index in [1.54, 1.807) is 20.8 Å². The molecule has 88 valence electrons. The van der Waals surface area contributed by atoms with Gasteiger partial charge in [0.2, 0.25) is 11.8 Å². The van der Waals surface area contributed by atoms with Crippen molar-refractivity contribution in [3.05, 3.63) is 0 Å². The van der Waals surface area contributed by atoms with Crippen molar-refractivity contribution in [1.29, 1.82) is 0 Å². The molecule has 5 heteroatoms. The van der Waals surface area contributed by atoms with Crippen LogP contribution in [0.15, 0.2) is 0 Å². The summed E-state index contributed by atoms with van der Waals surface area (Å²) in [4.78, 5) is 22.8. The van der Waals surface area contributed by atoms with E-state index in [4.69, 9.17) is 5.73 Å². The highest BCUT2D eigenvalue weighted by Gasteiger charge is 2.25. The lowest BCUT2D eigenvalue weighted by Crippen LogP contribution is -2.54. The maximum atomic E-state index is 11.4. The van der Waals surface area contributed by atoms with Gasteiger partial charge in [0.15, 0.2) is 0 Å². The topological polar surface area (TPSA) is 84.2 Å². The second kappa shape index (κ2) is 5.70. The van der Waals surface area contributed by atoms with Gasteiger partial charge in [0.05, 0.1) is 5.54 Å². The molecule has 0 saturated heterocycles. The Morgan fingerprint density at radius 3 is 2.33 bits per heavy atom. The summed E-state index contributed by atoms with van der Waals surface area (Å²) in [7, 11) is 0. The lowest BCUT2D eigenvalue weighted by atomic mass is 10.1. The molecule has 0 heterocycles. The molecule has 0 aliphatic rings. The van der Waals surface area contributed by atoms with Crippen LogP contribution in [-0.4, -0.2) is 29.9 Å². The molecule has 0 spiro atoms. The number of carbonyl (C=O) groups excluding carboxylic acids is 2. The van der Waals surface area contributed by atoms with Gasteiger partial charge in [-0.3, -0.25) is 9.59 Å². The van der Waals surface area contributed by atoms with Crippen LogP contribution in [0.5, 0.6) is 0 Å². The Morgan fingerprint density at radius 1 is 1.40 bits per heavy atom. The van der Waals surface area contributed by atoms with Gasteiger partial charge in [-0.15, -0.1) is 0 Å². The number of carbonyl (C=O) groups is 2. The van der Waals surface area contributed by atoms with Gasteiger partial charge < -0.3 is 16.4 Å². The predicted molar refractivity (Wildman–Crippen MR) is 59.2 cm³/mol. The standard InChI is InChI=1S/C10H21N3O2/c1-5-6-12-8(14)7(2)13-9(15)10(3,4)11/h7H,5-6,11H2,1-4H3,(H,12,14)(H,13,15). The molecule has 2 amide bonds. The average molecular weight is 215 g/mol. The smallest absolute Gasteiger partial charge is 0.242 e. The average Bonchev–Trinajstić information content (AvgIpc) is 2.12. The Kier molecular flexibility index (Phi) is 5.28. The predicted octanol–water partition coefficient (Wildman–Crippen LogP) is -0.245. The van der Waals surface area contributed by atoms with Gasteiger partial charge in [0.1, 0.15) is 6.04 Å². The molecule has 0 rings (SSSR count). The van der Waals surface area contributed by atoms with Gasteiger partial charge in [0.25, 0.3) is 0 Å². The van der Waals surface area contributed by atoms with Crippen molar-refractivity contribution in [2.75, 3.05) is 6.54 Å². The van der Waals surface area contributed by atoms with Gasteiger partial charge in [-0.05, 0) is 27.2 Å². The molecule has 0 aromatic heterocycles. The molecule has 0 aliphatic heterocycles. The third-order valence-electron chi connectivity index (χ3n) is 1.88. The summed E-state index contributed by atoms with van der Waals surface area (Å²) < 4.78 is 0. The van der Waals surface area contributed by atoms with Crippen molar-refractivity contribution in [1.82, 2.24) is 10.6 Å². The van der Waals surface area contributed by atoms with E-state index < -0.39 is 11.6 Å². The van der Waals surface area contributed by atoms with E-state index >= 15 is 0 Å². The molecule has 0 radical (unpaired) electrons. The first-order chi connectivity index (χ1) is 6.79. The van der Waals surface area contributed by atoms with Gasteiger partial charge in [0, 0.05) is 6.54 Å². The molecular formula is C10H21N3O2. The first kappa shape index (κ1) is 13.9. The fraction of sp³-hybridized carbons (Fsp3) is 0.800. The SMILES string of the molecule is CCCNC(=O)C(C)NC(=O)C(C)(C)N. The van der Waals surface area contributed by atoms with Crippen LogP contribution < -0.4 is 16.4 Å². The van der Waals surface area contributed by atoms with Crippen molar-refractivity contribution in [3.8, 4) is 0 Å². The Morgan fingerprint density at radius 2 is 1.93 bits per heavy atom. The zero-order valence-corrected chi connectivity index (χ0v) is 9.89. The molecule has 4 N–H and O–H groups in total. The van der Waals surface area contributed by atoms with Crippen LogP contribution in [0.25, 0.3) is 0 Å². The molecule has 1 atom stereocenters. The number of hydrogen-bond donors (Lipinski definition) is 3. The summed E-state index contributed by atoms with van der Waals surface area (Å²) in [5, 5.41) is 5.25. The van der Waals surface area contributed by atoms with E-state index in [2.05, 4.69) is 10.6 Å². The van der Waals surface area contributed by atoms with E-state index in [1.807, 2.05) is 6.92 Å². The second-order valence-corrected chi connectivity index (χ2v) is 4.21. The van der Waals surface area contributed by atoms with Crippen LogP contribution in [0, 0.1) is 0 Å². The summed E-state index contributed by atoms with van der Waals surface area (Å²) in [6.07, 6.45) is 0.870. The van der Waals surface area contributed by atoms with E-state index in [1.165, 1.54) is 0 Å². The van der Waals surface area contributed by atoms with E-state index in [-0.39, 0.29) is 11.8 Å². The third-order valence-corrected chi connectivity index (χ3v) is 1.88. The monoisotopic (exact) mass is 215 g/mol. The fourth-order valence-corrected chi connectivity index (χ4v) is 0.849. The normalized spacial score (nSPS) is 13.1. The van der Waals surface area contributed by atoms with Crippen LogP contribution >= 0.6 is 0 Å². The van der Waals surface area contributed by atoms with Crippen molar-refractivity contribution in [2.24, 2.45) is 5.73 Å². The molecule has 0 aliphatic carbocycles. The van der Waals surface area contributed by atoms with Crippen molar-refractivity contribution < 1.29 is 9.59 Å². The first-order valence-corrected chi connectivity index (χ1v) is 5.16. The lowest BCUT2D eigenvalue weighted by molar-refractivity contribution is -0.130. The molecular weight excluding hydrogens is 194 g/mol. The minimum atomic E-state index is -0.959. The maximum Gasteiger partial charge on any atom is 0.242 e. The maximum absolute atomic E-state index is 11.4. The van der Waals surface area contributed by atoms with Crippen molar-refractivity contribution >= 4 is 11.8 Å². The minimum absolute atomic E-state index is 0.186. The van der Waals surface area contributed by atoms with E-state index in [9.17, 15) is 9.59 Å². The third kappa shape index (κ3) is 5.37. The molecule has 0 aromatic rings. The molecule has 15 heavy (non-hydrogen) atoms. The van der Waals surface area contributed by atoms with Crippen LogP contribution in [0.2, 0.25) is 0 Å². The number of hydrogen-bond acceptors (Lipinski definition) is 3. The Bertz CT molecular complexity index is 233. The van der Waals surface area contributed by atoms with Gasteiger partial charge >= 0.3 is 0 Å². The quantitative estimate of drug-likeness (QED) is 0.591. The Labute approximate surface area is 90.8 Å². The Hall–Kier alpha value is -1.10. The van der Waals surface area contributed by atoms with Crippen molar-refractivity contribution in [2.45, 2.75) is 45.7 Å². The Balaban J connectivity index is 4.08. The highest BCUT2D eigenvalue weighted by molar-refractivity contribution is 5.91. The second-order valence-electron chi connectivity index (χ2n) is 4.21.